The molecule has 0 spiro atoms. The molecule has 0 amide bonds. The average molecular weight is 359 g/mol. The zero-order chi connectivity index (χ0) is 17.6. The first-order chi connectivity index (χ1) is 12.1. The SMILES string of the molecule is O=[N+]([O-])c1cc(OCc2ccc(Cl)cc2)ccc1/C=C/N1CCCC1. The molecule has 0 unspecified atom stereocenters. The van der Waals surface area contributed by atoms with Gasteiger partial charge in [-0.15, -0.1) is 0 Å². The van der Waals surface area contributed by atoms with Crippen LogP contribution in [-0.4, -0.2) is 22.9 Å². The Hall–Kier alpha value is -2.53. The Morgan fingerprint density at radius 2 is 1.88 bits per heavy atom. The maximum Gasteiger partial charge on any atom is 0.280 e. The largest absolute Gasteiger partial charge is 0.489 e. The van der Waals surface area contributed by atoms with Gasteiger partial charge in [-0.25, -0.2) is 0 Å². The Balaban J connectivity index is 1.71. The number of nitro benzene ring substituents is 1. The van der Waals surface area contributed by atoms with Crippen molar-refractivity contribution in [3.63, 3.8) is 0 Å². The van der Waals surface area contributed by atoms with E-state index in [2.05, 4.69) is 4.90 Å². The van der Waals surface area contributed by atoms with Crippen LogP contribution in [0.2, 0.25) is 5.02 Å². The molecule has 6 heteroatoms. The van der Waals surface area contributed by atoms with Crippen molar-refractivity contribution < 1.29 is 9.66 Å². The molecule has 5 nitrogen and oxygen atoms in total. The van der Waals surface area contributed by atoms with Crippen molar-refractivity contribution in [1.82, 2.24) is 4.90 Å². The molecule has 130 valence electrons. The molecule has 0 atom stereocenters. The second-order valence-electron chi connectivity index (χ2n) is 5.95. The number of nitrogens with zero attached hydrogens (tertiary/aromatic N) is 2. The highest BCUT2D eigenvalue weighted by Gasteiger charge is 2.14. The predicted octanol–water partition coefficient (Wildman–Crippen LogP) is 4.89. The first-order valence-electron chi connectivity index (χ1n) is 8.20. The molecule has 3 rings (SSSR count). The van der Waals surface area contributed by atoms with Gasteiger partial charge in [-0.05, 0) is 54.9 Å². The second kappa shape index (κ2) is 8.03. The molecule has 1 aliphatic heterocycles. The van der Waals surface area contributed by atoms with Crippen LogP contribution in [0, 0.1) is 10.1 Å². The quantitative estimate of drug-likeness (QED) is 0.544. The van der Waals surface area contributed by atoms with Crippen LogP contribution in [0.25, 0.3) is 6.08 Å². The van der Waals surface area contributed by atoms with Crippen LogP contribution in [0.15, 0.2) is 48.7 Å². The molecular formula is C19H19ClN2O3. The number of hydrogen-bond donors (Lipinski definition) is 0. The van der Waals surface area contributed by atoms with Crippen LogP contribution >= 0.6 is 11.6 Å². The molecule has 25 heavy (non-hydrogen) atoms. The van der Waals surface area contributed by atoms with E-state index in [-0.39, 0.29) is 10.6 Å². The van der Waals surface area contributed by atoms with Crippen LogP contribution in [0.5, 0.6) is 5.75 Å². The van der Waals surface area contributed by atoms with E-state index in [0.29, 0.717) is 22.9 Å². The first kappa shape index (κ1) is 17.3. The van der Waals surface area contributed by atoms with Gasteiger partial charge in [0.15, 0.2) is 0 Å². The third kappa shape index (κ3) is 4.73. The Kier molecular flexibility index (Phi) is 5.56. The molecule has 0 N–H and O–H groups in total. The van der Waals surface area contributed by atoms with Gasteiger partial charge in [-0.2, -0.15) is 0 Å². The second-order valence-corrected chi connectivity index (χ2v) is 6.39. The highest BCUT2D eigenvalue weighted by Crippen LogP contribution is 2.27. The molecule has 1 fully saturated rings. The number of hydrogen-bond acceptors (Lipinski definition) is 4. The molecule has 1 aliphatic rings. The molecule has 0 saturated carbocycles. The summed E-state index contributed by atoms with van der Waals surface area (Å²) in [6.07, 6.45) is 6.07. The van der Waals surface area contributed by atoms with Crippen molar-refractivity contribution in [2.45, 2.75) is 19.4 Å². The zero-order valence-electron chi connectivity index (χ0n) is 13.7. The monoisotopic (exact) mass is 358 g/mol. The van der Waals surface area contributed by atoms with Crippen molar-refractivity contribution in [3.8, 4) is 5.75 Å². The predicted molar refractivity (Wildman–Crippen MR) is 98.7 cm³/mol. The Morgan fingerprint density at radius 1 is 1.16 bits per heavy atom. The maximum atomic E-state index is 11.4. The maximum absolute atomic E-state index is 11.4. The molecule has 0 radical (unpaired) electrons. The van der Waals surface area contributed by atoms with Gasteiger partial charge in [0, 0.05) is 18.1 Å². The number of halogens is 1. The summed E-state index contributed by atoms with van der Waals surface area (Å²) in [5, 5.41) is 12.0. The van der Waals surface area contributed by atoms with Gasteiger partial charge in [-0.3, -0.25) is 10.1 Å². The molecule has 2 aromatic carbocycles. The Labute approximate surface area is 151 Å². The van der Waals surface area contributed by atoms with E-state index in [1.165, 1.54) is 18.9 Å². The van der Waals surface area contributed by atoms with Gasteiger partial charge >= 0.3 is 0 Å². The third-order valence-electron chi connectivity index (χ3n) is 4.12. The summed E-state index contributed by atoms with van der Waals surface area (Å²) in [6.45, 7) is 2.34. The standard InChI is InChI=1S/C19H19ClN2O3/c20-17-6-3-15(4-7-17)14-25-18-8-5-16(19(13-18)22(23)24)9-12-21-10-1-2-11-21/h3-9,12-13H,1-2,10-11,14H2/b12-9+. The van der Waals surface area contributed by atoms with Crippen molar-refractivity contribution in [2.24, 2.45) is 0 Å². The minimum Gasteiger partial charge on any atom is -0.489 e. The van der Waals surface area contributed by atoms with Crippen molar-refractivity contribution in [1.29, 1.82) is 0 Å². The molecule has 0 bridgehead atoms. The third-order valence-corrected chi connectivity index (χ3v) is 4.37. The lowest BCUT2D eigenvalue weighted by Gasteiger charge is -2.10. The van der Waals surface area contributed by atoms with Crippen molar-refractivity contribution in [3.05, 3.63) is 74.9 Å². The van der Waals surface area contributed by atoms with Gasteiger partial charge < -0.3 is 9.64 Å². The average Bonchev–Trinajstić information content (AvgIpc) is 3.13. The van der Waals surface area contributed by atoms with Gasteiger partial charge in [0.2, 0.25) is 0 Å². The van der Waals surface area contributed by atoms with Gasteiger partial charge in [0.1, 0.15) is 12.4 Å². The van der Waals surface area contributed by atoms with Gasteiger partial charge in [0.05, 0.1) is 16.6 Å². The van der Waals surface area contributed by atoms with E-state index >= 15 is 0 Å². The number of likely N-dealkylation sites (tertiary alicyclic amines) is 1. The van der Waals surface area contributed by atoms with Crippen molar-refractivity contribution >= 4 is 23.4 Å². The van der Waals surface area contributed by atoms with Gasteiger partial charge in [-0.1, -0.05) is 23.7 Å². The summed E-state index contributed by atoms with van der Waals surface area (Å²) in [4.78, 5) is 13.2. The highest BCUT2D eigenvalue weighted by atomic mass is 35.5. The highest BCUT2D eigenvalue weighted by molar-refractivity contribution is 6.30. The molecule has 2 aromatic rings. The molecule has 1 saturated heterocycles. The van der Waals surface area contributed by atoms with Crippen molar-refractivity contribution in [2.75, 3.05) is 13.1 Å². The lowest BCUT2D eigenvalue weighted by Crippen LogP contribution is -2.10. The lowest BCUT2D eigenvalue weighted by molar-refractivity contribution is -0.385. The van der Waals surface area contributed by atoms with E-state index in [9.17, 15) is 10.1 Å². The first-order valence-corrected chi connectivity index (χ1v) is 8.57. The fourth-order valence-electron chi connectivity index (χ4n) is 2.74. The topological polar surface area (TPSA) is 55.6 Å². The summed E-state index contributed by atoms with van der Waals surface area (Å²) in [5.41, 5.74) is 1.57. The van der Waals surface area contributed by atoms with Crippen LogP contribution in [0.3, 0.4) is 0 Å². The smallest absolute Gasteiger partial charge is 0.280 e. The summed E-state index contributed by atoms with van der Waals surface area (Å²) in [7, 11) is 0. The van der Waals surface area contributed by atoms with E-state index in [1.807, 2.05) is 18.3 Å². The van der Waals surface area contributed by atoms with E-state index in [4.69, 9.17) is 16.3 Å². The number of benzene rings is 2. The summed E-state index contributed by atoms with van der Waals surface area (Å²) in [6, 6.07) is 12.3. The minimum absolute atomic E-state index is 0.0454. The fourth-order valence-corrected chi connectivity index (χ4v) is 2.86. The van der Waals surface area contributed by atoms with Crippen LogP contribution < -0.4 is 4.74 Å². The zero-order valence-corrected chi connectivity index (χ0v) is 14.5. The van der Waals surface area contributed by atoms with Crippen LogP contribution in [-0.2, 0) is 6.61 Å². The minimum atomic E-state index is -0.376. The molecule has 0 aliphatic carbocycles. The molecule has 1 heterocycles. The summed E-state index contributed by atoms with van der Waals surface area (Å²) < 4.78 is 5.67. The number of nitro groups is 1. The van der Waals surface area contributed by atoms with E-state index in [1.54, 1.807) is 30.3 Å². The summed E-state index contributed by atoms with van der Waals surface area (Å²) in [5.74, 6) is 0.472. The van der Waals surface area contributed by atoms with Gasteiger partial charge in [0.25, 0.3) is 5.69 Å². The normalized spacial score (nSPS) is 14.2. The Morgan fingerprint density at radius 3 is 2.56 bits per heavy atom. The van der Waals surface area contributed by atoms with E-state index < -0.39 is 0 Å². The summed E-state index contributed by atoms with van der Waals surface area (Å²) >= 11 is 5.85. The van der Waals surface area contributed by atoms with Crippen LogP contribution in [0.4, 0.5) is 5.69 Å². The van der Waals surface area contributed by atoms with Crippen LogP contribution in [0.1, 0.15) is 24.0 Å². The number of rotatable bonds is 6. The fraction of sp³-hybridized carbons (Fsp3) is 0.263. The van der Waals surface area contributed by atoms with E-state index in [0.717, 1.165) is 18.7 Å². The number of ether oxygens (including phenoxy) is 1. The lowest BCUT2D eigenvalue weighted by atomic mass is 10.1. The molecule has 0 aromatic heterocycles. The molecular weight excluding hydrogens is 340 g/mol. The Bertz CT molecular complexity index is 769.